The molecule has 8 nitrogen and oxygen atoms in total. The van der Waals surface area contributed by atoms with Crippen molar-refractivity contribution in [3.05, 3.63) is 97.7 Å². The van der Waals surface area contributed by atoms with Gasteiger partial charge in [-0.3, -0.25) is 14.9 Å². The van der Waals surface area contributed by atoms with E-state index in [2.05, 4.69) is 26.7 Å². The van der Waals surface area contributed by atoms with Crippen molar-refractivity contribution in [3.8, 4) is 5.88 Å². The molecule has 150 valence electrons. The molecule has 0 saturated heterocycles. The van der Waals surface area contributed by atoms with Gasteiger partial charge in [0.2, 0.25) is 0 Å². The predicted octanol–water partition coefficient (Wildman–Crippen LogP) is 3.87. The number of benzene rings is 2. The van der Waals surface area contributed by atoms with Gasteiger partial charge in [-0.1, -0.05) is 48.5 Å². The average Bonchev–Trinajstić information content (AvgIpc) is 2.98. The van der Waals surface area contributed by atoms with Crippen molar-refractivity contribution in [1.29, 1.82) is 0 Å². The number of para-hydroxylation sites is 1. The second kappa shape index (κ2) is 7.67. The average molecular weight is 402 g/mol. The first-order valence-electron chi connectivity index (χ1n) is 9.23. The Morgan fingerprint density at radius 1 is 1.13 bits per heavy atom. The minimum Gasteiger partial charge on any atom is -0.488 e. The van der Waals surface area contributed by atoms with Gasteiger partial charge in [-0.05, 0) is 30.7 Å². The van der Waals surface area contributed by atoms with Gasteiger partial charge in [-0.25, -0.2) is 0 Å². The van der Waals surface area contributed by atoms with Gasteiger partial charge in [0.05, 0.1) is 4.92 Å². The van der Waals surface area contributed by atoms with Gasteiger partial charge >= 0.3 is 11.2 Å². The number of rotatable bonds is 5. The lowest BCUT2D eigenvalue weighted by Gasteiger charge is -2.08. The van der Waals surface area contributed by atoms with E-state index >= 15 is 0 Å². The third kappa shape index (κ3) is 3.46. The Bertz CT molecular complexity index is 1340. The van der Waals surface area contributed by atoms with Crippen LogP contribution in [0.2, 0.25) is 0 Å². The van der Waals surface area contributed by atoms with Gasteiger partial charge in [0.1, 0.15) is 5.82 Å². The monoisotopic (exact) mass is 402 g/mol. The molecule has 2 aromatic carbocycles. The molecule has 0 fully saturated rings. The zero-order valence-corrected chi connectivity index (χ0v) is 16.1. The van der Waals surface area contributed by atoms with E-state index in [0.717, 1.165) is 22.2 Å². The van der Waals surface area contributed by atoms with Gasteiger partial charge in [0, 0.05) is 28.7 Å². The van der Waals surface area contributed by atoms with Crippen molar-refractivity contribution < 1.29 is 10.0 Å². The Morgan fingerprint density at radius 3 is 2.53 bits per heavy atom. The summed E-state index contributed by atoms with van der Waals surface area (Å²) < 4.78 is 2.20. The summed E-state index contributed by atoms with van der Waals surface area (Å²) in [5.74, 6) is -0.881. The van der Waals surface area contributed by atoms with Gasteiger partial charge in [0.15, 0.2) is 0 Å². The Balaban J connectivity index is 1.78. The molecule has 0 aliphatic rings. The van der Waals surface area contributed by atoms with Crippen molar-refractivity contribution in [3.63, 3.8) is 0 Å². The van der Waals surface area contributed by atoms with Crippen LogP contribution >= 0.6 is 0 Å². The molecule has 0 aliphatic carbocycles. The lowest BCUT2D eigenvalue weighted by molar-refractivity contribution is -0.387. The number of hydrogen-bond acceptors (Lipinski definition) is 5. The minimum atomic E-state index is -1.00. The van der Waals surface area contributed by atoms with E-state index in [9.17, 15) is 20.0 Å². The summed E-state index contributed by atoms with van der Waals surface area (Å²) in [5.41, 5.74) is 2.21. The Labute approximate surface area is 170 Å². The van der Waals surface area contributed by atoms with E-state index in [1.165, 1.54) is 11.6 Å². The fraction of sp³-hybridized carbons (Fsp3) is 0.0909. The molecule has 4 aromatic rings. The molecule has 30 heavy (non-hydrogen) atoms. The third-order valence-corrected chi connectivity index (χ3v) is 4.95. The number of nitrogens with one attached hydrogen (secondary N) is 1. The van der Waals surface area contributed by atoms with Gasteiger partial charge in [-0.15, -0.1) is 0 Å². The number of H-pyrrole nitrogens is 1. The molecule has 0 unspecified atom stereocenters. The largest absolute Gasteiger partial charge is 0.488 e. The molecule has 0 spiro atoms. The van der Waals surface area contributed by atoms with E-state index in [4.69, 9.17) is 0 Å². The molecular weight excluding hydrogens is 384 g/mol. The second-order valence-corrected chi connectivity index (χ2v) is 6.80. The van der Waals surface area contributed by atoms with Crippen LogP contribution in [0, 0.1) is 17.0 Å². The number of fused-ring (bicyclic) bond motifs is 1. The molecule has 2 aromatic heterocycles. The molecule has 0 saturated carbocycles. The number of nitrogens with zero attached hydrogens (tertiary/aromatic N) is 3. The third-order valence-electron chi connectivity index (χ3n) is 4.95. The van der Waals surface area contributed by atoms with E-state index in [1.807, 2.05) is 49.4 Å². The Kier molecular flexibility index (Phi) is 4.89. The summed E-state index contributed by atoms with van der Waals surface area (Å²) in [7, 11) is 0. The fourth-order valence-electron chi connectivity index (χ4n) is 3.52. The van der Waals surface area contributed by atoms with Crippen LogP contribution in [-0.4, -0.2) is 24.6 Å². The Hall–Kier alpha value is -4.20. The lowest BCUT2D eigenvalue weighted by atomic mass is 10.1. The van der Waals surface area contributed by atoms with Crippen LogP contribution in [0.15, 0.2) is 59.4 Å². The van der Waals surface area contributed by atoms with Gasteiger partial charge in [0.25, 0.3) is 5.88 Å². The number of nitro groups is 1. The molecule has 0 aliphatic heterocycles. The highest BCUT2D eigenvalue weighted by Gasteiger charge is 2.21. The van der Waals surface area contributed by atoms with E-state index in [-0.39, 0.29) is 5.82 Å². The quantitative estimate of drug-likeness (QED) is 0.389. The molecule has 4 rings (SSSR count). The second-order valence-electron chi connectivity index (χ2n) is 6.80. The summed E-state index contributed by atoms with van der Waals surface area (Å²) >= 11 is 0. The van der Waals surface area contributed by atoms with Crippen LogP contribution in [0.4, 0.5) is 5.69 Å². The van der Waals surface area contributed by atoms with Crippen molar-refractivity contribution in [2.24, 2.45) is 0 Å². The topological polar surface area (TPSA) is 114 Å². The molecule has 0 amide bonds. The maximum atomic E-state index is 11.9. The van der Waals surface area contributed by atoms with E-state index in [1.54, 1.807) is 6.08 Å². The van der Waals surface area contributed by atoms with Crippen LogP contribution in [0.25, 0.3) is 23.1 Å². The first-order chi connectivity index (χ1) is 14.5. The number of aromatic hydroxyl groups is 1. The minimum absolute atomic E-state index is 0.0300. The molecular formula is C22H18N4O4. The highest BCUT2D eigenvalue weighted by molar-refractivity contribution is 5.93. The van der Waals surface area contributed by atoms with Gasteiger partial charge in [-0.2, -0.15) is 4.98 Å². The standard InChI is InChI=1S/C22H18N4O4/c1-14-16(11-12-19-23-21(27)20(26(29)30)22(28)24-19)17-9-5-6-10-18(17)25(14)13-15-7-3-2-4-8-15/h2-12H,13H2,1H3,(H2,23,24,27,28)/b12-11+. The zero-order valence-electron chi connectivity index (χ0n) is 16.1. The van der Waals surface area contributed by atoms with Crippen molar-refractivity contribution >= 4 is 28.7 Å². The van der Waals surface area contributed by atoms with Gasteiger partial charge < -0.3 is 14.7 Å². The summed E-state index contributed by atoms with van der Waals surface area (Å²) in [6, 6.07) is 18.1. The van der Waals surface area contributed by atoms with Crippen molar-refractivity contribution in [1.82, 2.24) is 14.5 Å². The van der Waals surface area contributed by atoms with Crippen LogP contribution in [0.5, 0.6) is 5.88 Å². The molecule has 0 atom stereocenters. The van der Waals surface area contributed by atoms with Crippen molar-refractivity contribution in [2.45, 2.75) is 13.5 Å². The fourth-order valence-corrected chi connectivity index (χ4v) is 3.52. The van der Waals surface area contributed by atoms with E-state index < -0.39 is 22.0 Å². The molecule has 0 radical (unpaired) electrons. The highest BCUT2D eigenvalue weighted by Crippen LogP contribution is 2.28. The Morgan fingerprint density at radius 2 is 1.83 bits per heavy atom. The SMILES string of the molecule is Cc1c(/C=C/c2nc(O)c([N+](=O)[O-])c(=O)[nH]2)c2ccccc2n1Cc1ccccc1. The highest BCUT2D eigenvalue weighted by atomic mass is 16.6. The van der Waals surface area contributed by atoms with Crippen LogP contribution in [-0.2, 0) is 6.54 Å². The normalized spacial score (nSPS) is 11.4. The van der Waals surface area contributed by atoms with E-state index in [0.29, 0.717) is 6.54 Å². The van der Waals surface area contributed by atoms with Crippen LogP contribution < -0.4 is 5.56 Å². The number of hydrogen-bond donors (Lipinski definition) is 2. The first-order valence-corrected chi connectivity index (χ1v) is 9.23. The van der Waals surface area contributed by atoms with Crippen LogP contribution in [0.1, 0.15) is 22.6 Å². The first kappa shape index (κ1) is 19.1. The number of aromatic amines is 1. The van der Waals surface area contributed by atoms with Crippen molar-refractivity contribution in [2.75, 3.05) is 0 Å². The molecule has 0 bridgehead atoms. The summed E-state index contributed by atoms with van der Waals surface area (Å²) in [6.45, 7) is 2.71. The number of aromatic nitrogens is 3. The molecule has 2 heterocycles. The lowest BCUT2D eigenvalue weighted by Crippen LogP contribution is -2.14. The summed E-state index contributed by atoms with van der Waals surface area (Å²) in [5, 5.41) is 21.6. The summed E-state index contributed by atoms with van der Waals surface area (Å²) in [6.07, 6.45) is 3.30. The maximum Gasteiger partial charge on any atom is 0.395 e. The predicted molar refractivity (Wildman–Crippen MR) is 114 cm³/mol. The smallest absolute Gasteiger partial charge is 0.395 e. The maximum absolute atomic E-state index is 11.9. The zero-order chi connectivity index (χ0) is 21.3. The summed E-state index contributed by atoms with van der Waals surface area (Å²) in [4.78, 5) is 27.8. The molecule has 2 N–H and O–H groups in total. The molecule has 8 heteroatoms. The van der Waals surface area contributed by atoms with Crippen LogP contribution in [0.3, 0.4) is 0 Å².